The summed E-state index contributed by atoms with van der Waals surface area (Å²) in [5, 5.41) is 48.6. The van der Waals surface area contributed by atoms with Crippen LogP contribution < -0.4 is 16.0 Å². The third kappa shape index (κ3) is 15.5. The van der Waals surface area contributed by atoms with Gasteiger partial charge in [0.2, 0.25) is 11.8 Å². The molecule has 0 radical (unpaired) electrons. The Morgan fingerprint density at radius 2 is 1.48 bits per heavy atom. The number of aliphatic hydroxyl groups is 4. The lowest BCUT2D eigenvalue weighted by atomic mass is 9.91. The quantitative estimate of drug-likeness (QED) is 0.0461. The molecule has 0 saturated carbocycles. The van der Waals surface area contributed by atoms with Crippen LogP contribution in [-0.2, 0) is 33.3 Å². The molecule has 4 unspecified atom stereocenters. The predicted octanol–water partition coefficient (Wildman–Crippen LogP) is -3.59. The predicted molar refractivity (Wildman–Crippen MR) is 143 cm³/mol. The van der Waals surface area contributed by atoms with Gasteiger partial charge in [-0.1, -0.05) is 0 Å². The molecular weight excluding hydrogens is 532 g/mol. The van der Waals surface area contributed by atoms with Crippen LogP contribution in [0.4, 0.5) is 0 Å². The molecule has 1 rings (SSSR count). The number of ether oxygens (including phenoxy) is 5. The van der Waals surface area contributed by atoms with Crippen molar-refractivity contribution in [1.29, 1.82) is 0 Å². The van der Waals surface area contributed by atoms with Crippen LogP contribution in [0.2, 0.25) is 0 Å². The van der Waals surface area contributed by atoms with E-state index in [1.165, 1.54) is 18.7 Å². The molecule has 1 saturated heterocycles. The first-order valence-corrected chi connectivity index (χ1v) is 13.7. The van der Waals surface area contributed by atoms with Crippen molar-refractivity contribution in [2.45, 2.75) is 57.0 Å². The Bertz CT molecular complexity index is 679. The van der Waals surface area contributed by atoms with Crippen molar-refractivity contribution < 1.29 is 53.7 Å². The largest absolute Gasteiger partial charge is 0.394 e. The fraction of sp³-hybridized carbons (Fsp3) is 0.920. The van der Waals surface area contributed by atoms with E-state index in [-0.39, 0.29) is 38.6 Å². The standard InChI is InChI=1S/C25H50N4O11/c1-18(31)28-23-20(40-21(17-30)24(34)25(23)35)4-8-36-11-7-29(19(2)32)16-22(33)27-6-10-38-13-15-39-14-12-37-9-5-26-3/h20-27,30,33-35H,4-17H2,1-3H3,(H,28,31)/t20-,21?,22?,23+,24?,25?/m1/s1. The molecular formula is C25H50N4O11. The summed E-state index contributed by atoms with van der Waals surface area (Å²) in [4.78, 5) is 25.0. The van der Waals surface area contributed by atoms with E-state index in [2.05, 4.69) is 16.0 Å². The highest BCUT2D eigenvalue weighted by Crippen LogP contribution is 2.23. The van der Waals surface area contributed by atoms with Crippen LogP contribution in [0.1, 0.15) is 20.3 Å². The van der Waals surface area contributed by atoms with Gasteiger partial charge in [0.15, 0.2) is 0 Å². The monoisotopic (exact) mass is 582 g/mol. The van der Waals surface area contributed by atoms with Gasteiger partial charge in [0, 0.05) is 40.1 Å². The molecule has 1 aliphatic rings. The average Bonchev–Trinajstić information content (AvgIpc) is 2.91. The van der Waals surface area contributed by atoms with E-state index in [9.17, 15) is 30.0 Å². The van der Waals surface area contributed by atoms with Crippen LogP contribution in [0.5, 0.6) is 0 Å². The van der Waals surface area contributed by atoms with Crippen molar-refractivity contribution in [3.05, 3.63) is 0 Å². The number of rotatable bonds is 23. The summed E-state index contributed by atoms with van der Waals surface area (Å²) in [6.07, 6.45) is -5.00. The Kier molecular flexibility index (Phi) is 20.2. The lowest BCUT2D eigenvalue weighted by Gasteiger charge is -2.42. The fourth-order valence-corrected chi connectivity index (χ4v) is 3.99. The first kappa shape index (κ1) is 36.5. The van der Waals surface area contributed by atoms with E-state index in [1.54, 1.807) is 0 Å². The summed E-state index contributed by atoms with van der Waals surface area (Å²) in [6.45, 7) is 6.96. The molecule has 15 nitrogen and oxygen atoms in total. The number of hydrogen-bond donors (Lipinski definition) is 7. The summed E-state index contributed by atoms with van der Waals surface area (Å²) in [7, 11) is 1.86. The smallest absolute Gasteiger partial charge is 0.219 e. The van der Waals surface area contributed by atoms with Gasteiger partial charge >= 0.3 is 0 Å². The van der Waals surface area contributed by atoms with Gasteiger partial charge in [-0.2, -0.15) is 0 Å². The van der Waals surface area contributed by atoms with E-state index in [0.29, 0.717) is 46.2 Å². The van der Waals surface area contributed by atoms with Crippen molar-refractivity contribution in [3.8, 4) is 0 Å². The SMILES string of the molecule is CNCCOCCOCCOCCNC(O)CN(CCOCC[C@H]1OC(CO)C(O)C(O)[C@H]1NC(C)=O)C(C)=O. The molecule has 1 aliphatic heterocycles. The molecule has 40 heavy (non-hydrogen) atoms. The molecule has 1 heterocycles. The topological polar surface area (TPSA) is 201 Å². The zero-order chi connectivity index (χ0) is 29.8. The number of hydrogen-bond acceptors (Lipinski definition) is 13. The Labute approximate surface area is 236 Å². The maximum absolute atomic E-state index is 12.0. The molecule has 0 aromatic carbocycles. The molecule has 0 bridgehead atoms. The highest BCUT2D eigenvalue weighted by Gasteiger charge is 2.44. The highest BCUT2D eigenvalue weighted by atomic mass is 16.5. The number of carbonyl (C=O) groups excluding carboxylic acids is 2. The van der Waals surface area contributed by atoms with Crippen LogP contribution in [0.15, 0.2) is 0 Å². The van der Waals surface area contributed by atoms with Crippen LogP contribution >= 0.6 is 0 Å². The Hall–Kier alpha value is -1.50. The molecule has 0 aromatic heterocycles. The van der Waals surface area contributed by atoms with Crippen LogP contribution in [0, 0.1) is 0 Å². The number of nitrogens with zero attached hydrogens (tertiary/aromatic N) is 1. The van der Waals surface area contributed by atoms with Gasteiger partial charge < -0.3 is 59.6 Å². The minimum atomic E-state index is -1.34. The van der Waals surface area contributed by atoms with Crippen molar-refractivity contribution >= 4 is 11.8 Å². The van der Waals surface area contributed by atoms with Gasteiger partial charge in [0.05, 0.1) is 71.5 Å². The van der Waals surface area contributed by atoms with E-state index in [1.807, 2.05) is 7.05 Å². The van der Waals surface area contributed by atoms with Gasteiger partial charge in [0.1, 0.15) is 24.5 Å². The third-order valence-electron chi connectivity index (χ3n) is 6.16. The minimum absolute atomic E-state index is 0.0635. The minimum Gasteiger partial charge on any atom is -0.394 e. The molecule has 236 valence electrons. The first-order valence-electron chi connectivity index (χ1n) is 13.7. The average molecular weight is 583 g/mol. The van der Waals surface area contributed by atoms with Crippen molar-refractivity contribution in [2.24, 2.45) is 0 Å². The van der Waals surface area contributed by atoms with Crippen LogP contribution in [0.3, 0.4) is 0 Å². The highest BCUT2D eigenvalue weighted by molar-refractivity contribution is 5.73. The van der Waals surface area contributed by atoms with Crippen LogP contribution in [0.25, 0.3) is 0 Å². The van der Waals surface area contributed by atoms with Gasteiger partial charge in [-0.05, 0) is 13.5 Å². The number of amides is 2. The zero-order valence-corrected chi connectivity index (χ0v) is 24.0. The third-order valence-corrected chi connectivity index (χ3v) is 6.16. The first-order chi connectivity index (χ1) is 19.2. The second kappa shape index (κ2) is 22.1. The Balaban J connectivity index is 2.22. The summed E-state index contributed by atoms with van der Waals surface area (Å²) in [6, 6.07) is -0.863. The van der Waals surface area contributed by atoms with E-state index < -0.39 is 49.2 Å². The van der Waals surface area contributed by atoms with Crippen molar-refractivity contribution in [3.63, 3.8) is 0 Å². The van der Waals surface area contributed by atoms with Gasteiger partial charge in [-0.3, -0.25) is 14.9 Å². The van der Waals surface area contributed by atoms with Crippen molar-refractivity contribution in [2.75, 3.05) is 92.7 Å². The molecule has 15 heteroatoms. The van der Waals surface area contributed by atoms with E-state index >= 15 is 0 Å². The summed E-state index contributed by atoms with van der Waals surface area (Å²) < 4.78 is 27.5. The molecule has 0 aromatic rings. The molecule has 0 aliphatic carbocycles. The molecule has 1 fully saturated rings. The maximum Gasteiger partial charge on any atom is 0.219 e. The second-order valence-corrected chi connectivity index (χ2v) is 9.38. The molecule has 0 spiro atoms. The summed E-state index contributed by atoms with van der Waals surface area (Å²) in [5.74, 6) is -0.618. The van der Waals surface area contributed by atoms with E-state index in [4.69, 9.17) is 23.7 Å². The molecule has 2 amide bonds. The number of nitrogens with one attached hydrogen (secondary N) is 3. The molecule has 7 N–H and O–H groups in total. The number of likely N-dealkylation sites (N-methyl/N-ethyl adjacent to an activating group) is 1. The molecule has 6 atom stereocenters. The van der Waals surface area contributed by atoms with E-state index in [0.717, 1.165) is 6.54 Å². The summed E-state index contributed by atoms with van der Waals surface area (Å²) in [5.41, 5.74) is 0. The summed E-state index contributed by atoms with van der Waals surface area (Å²) >= 11 is 0. The lowest BCUT2D eigenvalue weighted by molar-refractivity contribution is -0.198. The van der Waals surface area contributed by atoms with Gasteiger partial charge in [-0.15, -0.1) is 0 Å². The number of carbonyl (C=O) groups is 2. The Morgan fingerprint density at radius 3 is 2.05 bits per heavy atom. The maximum atomic E-state index is 12.0. The normalized spacial score (nSPS) is 23.6. The van der Waals surface area contributed by atoms with Crippen LogP contribution in [-0.4, -0.2) is 167 Å². The van der Waals surface area contributed by atoms with Crippen molar-refractivity contribution in [1.82, 2.24) is 20.9 Å². The Morgan fingerprint density at radius 1 is 0.875 bits per heavy atom. The lowest BCUT2D eigenvalue weighted by Crippen LogP contribution is -2.64. The zero-order valence-electron chi connectivity index (χ0n) is 24.0. The number of aliphatic hydroxyl groups excluding tert-OH is 4. The second-order valence-electron chi connectivity index (χ2n) is 9.38. The fourth-order valence-electron chi connectivity index (χ4n) is 3.99. The van der Waals surface area contributed by atoms with Gasteiger partial charge in [-0.25, -0.2) is 0 Å². The van der Waals surface area contributed by atoms with Gasteiger partial charge in [0.25, 0.3) is 0 Å².